The van der Waals surface area contributed by atoms with E-state index in [9.17, 15) is 9.90 Å². The predicted molar refractivity (Wildman–Crippen MR) is 95.8 cm³/mol. The number of hydrogen-bond donors (Lipinski definition) is 2. The molecule has 132 valence electrons. The number of nitrogens with zero attached hydrogens (tertiary/aromatic N) is 1. The maximum absolute atomic E-state index is 12.4. The van der Waals surface area contributed by atoms with Gasteiger partial charge in [0.05, 0.1) is 6.10 Å². The van der Waals surface area contributed by atoms with Crippen LogP contribution in [0.15, 0.2) is 42.7 Å². The fourth-order valence-electron chi connectivity index (χ4n) is 3.19. The van der Waals surface area contributed by atoms with Gasteiger partial charge in [0.2, 0.25) is 0 Å². The molecule has 2 N–H and O–H groups in total. The molecular weight excluding hydrogens is 316 g/mol. The van der Waals surface area contributed by atoms with Crippen molar-refractivity contribution in [2.45, 2.75) is 38.7 Å². The quantitative estimate of drug-likeness (QED) is 0.845. The van der Waals surface area contributed by atoms with Crippen LogP contribution in [0.2, 0.25) is 0 Å². The van der Waals surface area contributed by atoms with Gasteiger partial charge >= 0.3 is 0 Å². The molecule has 0 bridgehead atoms. The molecular formula is C20H24N2O3. The van der Waals surface area contributed by atoms with Crippen molar-refractivity contribution in [3.8, 4) is 11.5 Å². The number of aliphatic hydroxyl groups is 1. The van der Waals surface area contributed by atoms with Gasteiger partial charge in [-0.25, -0.2) is 0 Å². The van der Waals surface area contributed by atoms with Gasteiger partial charge in [0.25, 0.3) is 5.91 Å². The summed E-state index contributed by atoms with van der Waals surface area (Å²) in [5, 5.41) is 13.0. The number of nitrogens with one attached hydrogen (secondary N) is 1. The maximum Gasteiger partial charge on any atom is 0.251 e. The first kappa shape index (κ1) is 17.4. The molecule has 1 amide bonds. The molecule has 1 aromatic heterocycles. The molecule has 1 fully saturated rings. The van der Waals surface area contributed by atoms with E-state index in [2.05, 4.69) is 10.3 Å². The summed E-state index contributed by atoms with van der Waals surface area (Å²) in [6.45, 7) is 2.22. The lowest BCUT2D eigenvalue weighted by Gasteiger charge is -2.18. The summed E-state index contributed by atoms with van der Waals surface area (Å²) in [4.78, 5) is 16.4. The first-order chi connectivity index (χ1) is 12.1. The topological polar surface area (TPSA) is 71.5 Å². The van der Waals surface area contributed by atoms with Crippen LogP contribution >= 0.6 is 0 Å². The van der Waals surface area contributed by atoms with Crippen molar-refractivity contribution in [2.24, 2.45) is 5.92 Å². The van der Waals surface area contributed by atoms with Gasteiger partial charge in [-0.1, -0.05) is 18.9 Å². The van der Waals surface area contributed by atoms with Crippen LogP contribution in [0.1, 0.15) is 41.6 Å². The molecule has 1 unspecified atom stereocenters. The van der Waals surface area contributed by atoms with Gasteiger partial charge in [-0.2, -0.15) is 0 Å². The summed E-state index contributed by atoms with van der Waals surface area (Å²) in [7, 11) is 0. The molecule has 0 radical (unpaired) electrons. The van der Waals surface area contributed by atoms with E-state index in [1.54, 1.807) is 36.7 Å². The highest BCUT2D eigenvalue weighted by atomic mass is 16.5. The van der Waals surface area contributed by atoms with Crippen molar-refractivity contribution in [3.63, 3.8) is 0 Å². The fourth-order valence-corrected chi connectivity index (χ4v) is 3.19. The average Bonchev–Trinajstić information content (AvgIpc) is 3.17. The second kappa shape index (κ2) is 8.12. The Bertz CT molecular complexity index is 712. The van der Waals surface area contributed by atoms with Crippen molar-refractivity contribution >= 4 is 5.91 Å². The van der Waals surface area contributed by atoms with Crippen molar-refractivity contribution in [1.29, 1.82) is 0 Å². The van der Waals surface area contributed by atoms with Crippen LogP contribution in [0.4, 0.5) is 0 Å². The van der Waals surface area contributed by atoms with Crippen molar-refractivity contribution in [2.75, 3.05) is 6.54 Å². The molecule has 5 nitrogen and oxygen atoms in total. The zero-order chi connectivity index (χ0) is 17.6. The monoisotopic (exact) mass is 340 g/mol. The highest BCUT2D eigenvalue weighted by molar-refractivity contribution is 5.94. The molecule has 1 heterocycles. The Balaban J connectivity index is 1.63. The van der Waals surface area contributed by atoms with Gasteiger partial charge in [-0.3, -0.25) is 9.78 Å². The van der Waals surface area contributed by atoms with E-state index in [1.165, 1.54) is 12.8 Å². The van der Waals surface area contributed by atoms with E-state index in [1.807, 2.05) is 13.0 Å². The lowest BCUT2D eigenvalue weighted by Crippen LogP contribution is -2.35. The third kappa shape index (κ3) is 4.57. The van der Waals surface area contributed by atoms with E-state index >= 15 is 0 Å². The molecule has 0 aliphatic heterocycles. The molecule has 2 aromatic rings. The molecule has 0 saturated heterocycles. The molecule has 1 aromatic carbocycles. The summed E-state index contributed by atoms with van der Waals surface area (Å²) in [6, 6.07) is 8.90. The number of pyridine rings is 1. The number of hydrogen-bond acceptors (Lipinski definition) is 4. The smallest absolute Gasteiger partial charge is 0.251 e. The Morgan fingerprint density at radius 1 is 1.28 bits per heavy atom. The normalized spacial score (nSPS) is 15.8. The van der Waals surface area contributed by atoms with Crippen LogP contribution in [0.3, 0.4) is 0 Å². The van der Waals surface area contributed by atoms with E-state index in [-0.39, 0.29) is 12.5 Å². The van der Waals surface area contributed by atoms with Crippen LogP contribution in [0, 0.1) is 12.8 Å². The summed E-state index contributed by atoms with van der Waals surface area (Å²) in [5.41, 5.74) is 1.47. The molecule has 3 rings (SSSR count). The molecule has 1 atom stereocenters. The van der Waals surface area contributed by atoms with Gasteiger partial charge in [-0.15, -0.1) is 0 Å². The lowest BCUT2D eigenvalue weighted by atomic mass is 10.0. The molecule has 25 heavy (non-hydrogen) atoms. The SMILES string of the molecule is Cc1ccc(C(=O)NCC(O)C2CCCC2)cc1Oc1ccncc1. The van der Waals surface area contributed by atoms with Crippen LogP contribution in [-0.2, 0) is 0 Å². The third-order valence-corrected chi connectivity index (χ3v) is 4.74. The molecule has 1 aliphatic carbocycles. The minimum absolute atomic E-state index is 0.198. The number of carbonyl (C=O) groups is 1. The van der Waals surface area contributed by atoms with Gasteiger partial charge in [0, 0.05) is 24.5 Å². The van der Waals surface area contributed by atoms with E-state index in [0.29, 0.717) is 23.0 Å². The number of rotatable bonds is 6. The summed E-state index contributed by atoms with van der Waals surface area (Å²) in [5.74, 6) is 1.42. The van der Waals surface area contributed by atoms with E-state index in [0.717, 1.165) is 18.4 Å². The maximum atomic E-state index is 12.4. The van der Waals surface area contributed by atoms with Gasteiger partial charge in [-0.05, 0) is 55.5 Å². The fraction of sp³-hybridized carbons (Fsp3) is 0.400. The first-order valence-corrected chi connectivity index (χ1v) is 8.78. The van der Waals surface area contributed by atoms with Gasteiger partial charge in [0.15, 0.2) is 0 Å². The zero-order valence-corrected chi connectivity index (χ0v) is 14.4. The number of aliphatic hydroxyl groups excluding tert-OH is 1. The number of aromatic nitrogens is 1. The van der Waals surface area contributed by atoms with Crippen molar-refractivity contribution < 1.29 is 14.6 Å². The number of amides is 1. The molecule has 1 saturated carbocycles. The Morgan fingerprint density at radius 2 is 2.00 bits per heavy atom. The van der Waals surface area contributed by atoms with Gasteiger partial charge in [0.1, 0.15) is 11.5 Å². The van der Waals surface area contributed by atoms with Crippen molar-refractivity contribution in [1.82, 2.24) is 10.3 Å². The zero-order valence-electron chi connectivity index (χ0n) is 14.4. The number of benzene rings is 1. The summed E-state index contributed by atoms with van der Waals surface area (Å²) < 4.78 is 5.84. The first-order valence-electron chi connectivity index (χ1n) is 8.78. The predicted octanol–water partition coefficient (Wildman–Crippen LogP) is 3.46. The highest BCUT2D eigenvalue weighted by Gasteiger charge is 2.23. The Kier molecular flexibility index (Phi) is 5.66. The van der Waals surface area contributed by atoms with E-state index < -0.39 is 6.10 Å². The Hall–Kier alpha value is -2.40. The number of carbonyl (C=O) groups excluding carboxylic acids is 1. The Morgan fingerprint density at radius 3 is 2.72 bits per heavy atom. The standard InChI is InChI=1S/C20H24N2O3/c1-14-6-7-16(12-19(14)25-17-8-10-21-11-9-17)20(24)22-13-18(23)15-4-2-3-5-15/h6-12,15,18,23H,2-5,13H2,1H3,(H,22,24). The minimum atomic E-state index is -0.468. The summed E-state index contributed by atoms with van der Waals surface area (Å²) >= 11 is 0. The molecule has 1 aliphatic rings. The lowest BCUT2D eigenvalue weighted by molar-refractivity contribution is 0.0840. The number of ether oxygens (including phenoxy) is 1. The average molecular weight is 340 g/mol. The van der Waals surface area contributed by atoms with Crippen LogP contribution in [-0.4, -0.2) is 28.6 Å². The second-order valence-corrected chi connectivity index (χ2v) is 6.59. The highest BCUT2D eigenvalue weighted by Crippen LogP contribution is 2.28. The Labute approximate surface area is 148 Å². The van der Waals surface area contributed by atoms with Crippen LogP contribution < -0.4 is 10.1 Å². The molecule has 5 heteroatoms. The molecule has 0 spiro atoms. The largest absolute Gasteiger partial charge is 0.457 e. The van der Waals surface area contributed by atoms with Gasteiger partial charge < -0.3 is 15.2 Å². The second-order valence-electron chi connectivity index (χ2n) is 6.59. The van der Waals surface area contributed by atoms with Crippen molar-refractivity contribution in [3.05, 3.63) is 53.9 Å². The van der Waals surface area contributed by atoms with E-state index in [4.69, 9.17) is 4.74 Å². The number of aryl methyl sites for hydroxylation is 1. The third-order valence-electron chi connectivity index (χ3n) is 4.74. The van der Waals surface area contributed by atoms with Crippen LogP contribution in [0.25, 0.3) is 0 Å². The minimum Gasteiger partial charge on any atom is -0.457 e. The summed E-state index contributed by atoms with van der Waals surface area (Å²) in [6.07, 6.45) is 7.28. The van der Waals surface area contributed by atoms with Crippen LogP contribution in [0.5, 0.6) is 11.5 Å².